The van der Waals surface area contributed by atoms with Gasteiger partial charge in [-0.15, -0.1) is 0 Å². The first kappa shape index (κ1) is 36.9. The molecule has 0 aromatic heterocycles. The molecule has 4 nitrogen and oxygen atoms in total. The Labute approximate surface area is 264 Å². The van der Waals surface area contributed by atoms with Gasteiger partial charge in [0, 0.05) is 36.4 Å². The molecule has 2 aliphatic carbocycles. The molecule has 0 saturated heterocycles. The van der Waals surface area contributed by atoms with E-state index in [2.05, 4.69) is 35.8 Å². The molecule has 0 spiro atoms. The monoisotopic (exact) mass is 592 g/mol. The number of aliphatic hydroxyl groups excluding tert-OH is 1. The molecule has 4 heteroatoms. The first-order valence-electron chi connectivity index (χ1n) is 17.5. The topological polar surface area (TPSA) is 61.4 Å². The van der Waals surface area contributed by atoms with Crippen molar-refractivity contribution in [2.24, 2.45) is 11.8 Å². The predicted molar refractivity (Wildman–Crippen MR) is 187 cm³/mol. The van der Waals surface area contributed by atoms with E-state index < -0.39 is 0 Å². The molecule has 2 saturated carbocycles. The van der Waals surface area contributed by atoms with Crippen molar-refractivity contribution in [2.75, 3.05) is 23.7 Å². The molecule has 4 rings (SSSR count). The van der Waals surface area contributed by atoms with Crippen molar-refractivity contribution in [3.8, 4) is 0 Å². The molecule has 0 amide bonds. The Morgan fingerprint density at radius 1 is 0.767 bits per heavy atom. The number of ketones is 1. The van der Waals surface area contributed by atoms with E-state index in [4.69, 9.17) is 0 Å². The van der Waals surface area contributed by atoms with Crippen molar-refractivity contribution in [1.82, 2.24) is 0 Å². The van der Waals surface area contributed by atoms with Crippen LogP contribution in [0.2, 0.25) is 0 Å². The lowest BCUT2D eigenvalue weighted by Gasteiger charge is -2.21. The van der Waals surface area contributed by atoms with Crippen LogP contribution < -0.4 is 10.6 Å². The van der Waals surface area contributed by atoms with Gasteiger partial charge in [-0.25, -0.2) is 0 Å². The minimum absolute atomic E-state index is 0. The molecular formula is C39H64N2O2. The number of rotatable bonds is 16. The van der Waals surface area contributed by atoms with Gasteiger partial charge in [-0.1, -0.05) is 116 Å². The van der Waals surface area contributed by atoms with Crippen molar-refractivity contribution in [3.63, 3.8) is 0 Å². The summed E-state index contributed by atoms with van der Waals surface area (Å²) in [5.74, 6) is 2.18. The third-order valence-electron chi connectivity index (χ3n) is 9.18. The number of benzene rings is 2. The summed E-state index contributed by atoms with van der Waals surface area (Å²) in [5.41, 5.74) is 4.11. The van der Waals surface area contributed by atoms with Gasteiger partial charge < -0.3 is 15.7 Å². The van der Waals surface area contributed by atoms with Gasteiger partial charge in [0.25, 0.3) is 0 Å². The SMILES string of the molecule is C.CCCC(=O)c1cccc(NCCCC2CCCCC2)c1.CCCC(O)c1cccc(NCCCC2CCCCC2)c1. The third-order valence-corrected chi connectivity index (χ3v) is 9.18. The maximum atomic E-state index is 11.9. The summed E-state index contributed by atoms with van der Waals surface area (Å²) in [6, 6.07) is 16.2. The van der Waals surface area contributed by atoms with Crippen LogP contribution in [-0.4, -0.2) is 24.0 Å². The van der Waals surface area contributed by atoms with Crippen molar-refractivity contribution >= 4 is 17.2 Å². The number of Topliss-reactive ketones (excluding diaryl/α,β-unsaturated/α-hetero) is 1. The lowest BCUT2D eigenvalue weighted by molar-refractivity contribution is 0.0981. The smallest absolute Gasteiger partial charge is 0.162 e. The summed E-state index contributed by atoms with van der Waals surface area (Å²) in [7, 11) is 0. The van der Waals surface area contributed by atoms with Crippen LogP contribution in [0.25, 0.3) is 0 Å². The summed E-state index contributed by atoms with van der Waals surface area (Å²) in [5, 5.41) is 17.0. The van der Waals surface area contributed by atoms with Crippen LogP contribution in [0.3, 0.4) is 0 Å². The van der Waals surface area contributed by atoms with Gasteiger partial charge in [0.1, 0.15) is 0 Å². The molecule has 3 N–H and O–H groups in total. The van der Waals surface area contributed by atoms with E-state index in [-0.39, 0.29) is 19.3 Å². The quantitative estimate of drug-likeness (QED) is 0.134. The maximum Gasteiger partial charge on any atom is 0.162 e. The van der Waals surface area contributed by atoms with Gasteiger partial charge in [-0.2, -0.15) is 0 Å². The van der Waals surface area contributed by atoms with Crippen LogP contribution in [0.5, 0.6) is 0 Å². The molecular weight excluding hydrogens is 528 g/mol. The van der Waals surface area contributed by atoms with Crippen molar-refractivity contribution in [3.05, 3.63) is 59.7 Å². The van der Waals surface area contributed by atoms with Crippen molar-refractivity contribution in [2.45, 2.75) is 143 Å². The Balaban J connectivity index is 0.000000293. The molecule has 0 aliphatic heterocycles. The standard InChI is InChI=1S/C19H31NO.C19H29NO.CH4/c2*1-2-8-19(21)17-12-6-13-18(15-17)20-14-7-11-16-9-4-3-5-10-16;/h6,12-13,15-16,19-21H,2-5,7-11,14H2,1H3;6,12-13,15-16,20H,2-5,7-11,14H2,1H3;1H4. The third kappa shape index (κ3) is 14.8. The fourth-order valence-electron chi connectivity index (χ4n) is 6.67. The van der Waals surface area contributed by atoms with E-state index in [9.17, 15) is 9.90 Å². The van der Waals surface area contributed by atoms with Crippen molar-refractivity contribution < 1.29 is 9.90 Å². The average molecular weight is 593 g/mol. The Hall–Kier alpha value is -2.33. The van der Waals surface area contributed by atoms with Gasteiger partial charge in [-0.05, 0) is 80.2 Å². The molecule has 0 radical (unpaired) electrons. The Kier molecular flexibility index (Phi) is 19.0. The van der Waals surface area contributed by atoms with E-state index in [0.29, 0.717) is 6.42 Å². The molecule has 1 atom stereocenters. The summed E-state index contributed by atoms with van der Waals surface area (Å²) >= 11 is 0. The van der Waals surface area contributed by atoms with Gasteiger partial charge in [0.05, 0.1) is 6.10 Å². The lowest BCUT2D eigenvalue weighted by atomic mass is 9.86. The number of aliphatic hydroxyl groups is 1. The minimum Gasteiger partial charge on any atom is -0.388 e. The van der Waals surface area contributed by atoms with Crippen LogP contribution in [0.15, 0.2) is 48.5 Å². The maximum absolute atomic E-state index is 11.9. The van der Waals surface area contributed by atoms with E-state index in [1.165, 1.54) is 89.9 Å². The molecule has 2 aromatic rings. The molecule has 2 aliphatic rings. The number of carbonyl (C=O) groups excluding carboxylic acids is 1. The molecule has 1 unspecified atom stereocenters. The zero-order valence-electron chi connectivity index (χ0n) is 26.8. The molecule has 0 bridgehead atoms. The van der Waals surface area contributed by atoms with E-state index in [1.807, 2.05) is 37.3 Å². The van der Waals surface area contributed by atoms with Crippen molar-refractivity contribution in [1.29, 1.82) is 0 Å². The number of hydrogen-bond acceptors (Lipinski definition) is 4. The number of anilines is 2. The molecule has 0 heterocycles. The summed E-state index contributed by atoms with van der Waals surface area (Å²) in [6.45, 7) is 6.22. The highest BCUT2D eigenvalue weighted by Crippen LogP contribution is 2.28. The molecule has 43 heavy (non-hydrogen) atoms. The average Bonchev–Trinajstić information content (AvgIpc) is 3.03. The first-order chi connectivity index (χ1) is 20.6. The molecule has 242 valence electrons. The van der Waals surface area contributed by atoms with E-state index >= 15 is 0 Å². The van der Waals surface area contributed by atoms with E-state index in [0.717, 1.165) is 66.7 Å². The highest BCUT2D eigenvalue weighted by atomic mass is 16.3. The number of carbonyl (C=O) groups is 1. The zero-order valence-corrected chi connectivity index (χ0v) is 26.8. The van der Waals surface area contributed by atoms with Gasteiger partial charge in [0.15, 0.2) is 5.78 Å². The predicted octanol–water partition coefficient (Wildman–Crippen LogP) is 11.4. The summed E-state index contributed by atoms with van der Waals surface area (Å²) < 4.78 is 0. The van der Waals surface area contributed by atoms with Gasteiger partial charge in [-0.3, -0.25) is 4.79 Å². The largest absolute Gasteiger partial charge is 0.388 e. The Bertz CT molecular complexity index is 994. The summed E-state index contributed by atoms with van der Waals surface area (Å²) in [4.78, 5) is 11.9. The van der Waals surface area contributed by atoms with Crippen LogP contribution in [-0.2, 0) is 0 Å². The van der Waals surface area contributed by atoms with E-state index in [1.54, 1.807) is 0 Å². The Morgan fingerprint density at radius 3 is 1.84 bits per heavy atom. The second kappa shape index (κ2) is 22.2. The van der Waals surface area contributed by atoms with Crippen LogP contribution >= 0.6 is 0 Å². The van der Waals surface area contributed by atoms with Crippen LogP contribution in [0, 0.1) is 11.8 Å². The van der Waals surface area contributed by atoms with Gasteiger partial charge >= 0.3 is 0 Å². The fourth-order valence-corrected chi connectivity index (χ4v) is 6.67. The fraction of sp³-hybridized carbons (Fsp3) is 0.667. The number of nitrogens with one attached hydrogen (secondary N) is 2. The number of hydrogen-bond donors (Lipinski definition) is 3. The highest BCUT2D eigenvalue weighted by molar-refractivity contribution is 5.96. The lowest BCUT2D eigenvalue weighted by Crippen LogP contribution is -2.09. The minimum atomic E-state index is -0.320. The first-order valence-corrected chi connectivity index (χ1v) is 17.5. The van der Waals surface area contributed by atoms with Gasteiger partial charge in [0.2, 0.25) is 0 Å². The zero-order chi connectivity index (χ0) is 29.8. The van der Waals surface area contributed by atoms with Crippen LogP contribution in [0.1, 0.15) is 159 Å². The highest BCUT2D eigenvalue weighted by Gasteiger charge is 2.14. The van der Waals surface area contributed by atoms with Crippen LogP contribution in [0.4, 0.5) is 11.4 Å². The Morgan fingerprint density at radius 2 is 1.30 bits per heavy atom. The normalized spacial score (nSPS) is 16.3. The second-order valence-electron chi connectivity index (χ2n) is 12.8. The molecule has 2 aromatic carbocycles. The second-order valence-corrected chi connectivity index (χ2v) is 12.8. The molecule has 2 fully saturated rings. The summed E-state index contributed by atoms with van der Waals surface area (Å²) in [6.07, 6.45) is 22.7.